The number of nitrogens with zero attached hydrogens (tertiary/aromatic N) is 2. The molecular weight excluding hydrogens is 556 g/mol. The van der Waals surface area contributed by atoms with Gasteiger partial charge in [-0.25, -0.2) is 4.90 Å². The van der Waals surface area contributed by atoms with Crippen LogP contribution in [0.1, 0.15) is 36.8 Å². The number of imide groups is 2. The number of carbonyl (C=O) groups is 4. The molecule has 0 radical (unpaired) electrons. The number of rotatable bonds is 7. The number of fused-ring (bicyclic) bond motifs is 4. The summed E-state index contributed by atoms with van der Waals surface area (Å²) in [5.41, 5.74) is 2.12. The van der Waals surface area contributed by atoms with Gasteiger partial charge in [-0.3, -0.25) is 24.1 Å². The maximum absolute atomic E-state index is 14.4. The first-order chi connectivity index (χ1) is 21.3. The number of amides is 4. The van der Waals surface area contributed by atoms with Crippen molar-refractivity contribution in [1.82, 2.24) is 4.90 Å². The molecule has 2 aliphatic heterocycles. The second-order valence-electron chi connectivity index (χ2n) is 12.4. The van der Waals surface area contributed by atoms with Crippen LogP contribution >= 0.6 is 0 Å². The Labute approximate surface area is 255 Å². The predicted octanol–water partition coefficient (Wildman–Crippen LogP) is 4.49. The Morgan fingerprint density at radius 1 is 0.841 bits per heavy atom. The first-order valence-electron chi connectivity index (χ1n) is 15.2. The summed E-state index contributed by atoms with van der Waals surface area (Å²) in [6, 6.07) is 25.9. The van der Waals surface area contributed by atoms with Crippen molar-refractivity contribution >= 4 is 29.3 Å². The van der Waals surface area contributed by atoms with Crippen LogP contribution in [-0.4, -0.2) is 46.8 Å². The van der Waals surface area contributed by atoms with Gasteiger partial charge in [-0.2, -0.15) is 0 Å². The molecule has 44 heavy (non-hydrogen) atoms. The Morgan fingerprint density at radius 3 is 2.20 bits per heavy atom. The number of hydrogen-bond acceptors (Lipinski definition) is 6. The standard InChI is InChI=1S/C36H34N2O6/c1-36-29(33(41)38(35(36)43)24-10-6-3-7-11-24)20-28-26(31(36)23-12-14-25(15-13-23)44-19-18-39)16-17-27-30(28)34(42)37(32(27)40)21-22-8-4-2-5-9-22/h2-16,27-31,39H,17-21H2,1H3. The van der Waals surface area contributed by atoms with E-state index in [1.54, 1.807) is 36.4 Å². The van der Waals surface area contributed by atoms with Crippen molar-refractivity contribution in [2.75, 3.05) is 18.1 Å². The van der Waals surface area contributed by atoms with E-state index in [0.717, 1.165) is 16.7 Å². The number of carbonyl (C=O) groups excluding carboxylic acids is 4. The summed E-state index contributed by atoms with van der Waals surface area (Å²) in [6.07, 6.45) is 2.80. The number of benzene rings is 3. The van der Waals surface area contributed by atoms with Crippen molar-refractivity contribution in [3.8, 4) is 5.75 Å². The molecular formula is C36H34N2O6. The SMILES string of the molecule is CC12C(=O)N(c3ccccc3)C(=O)C1CC1C(=CCC3C(=O)N(Cc4ccccc4)C(=O)C31)C2c1ccc(OCCO)cc1. The molecule has 1 N–H and O–H groups in total. The van der Waals surface area contributed by atoms with E-state index in [1.807, 2.05) is 55.5 Å². The summed E-state index contributed by atoms with van der Waals surface area (Å²) in [6.45, 7) is 2.15. The molecule has 8 nitrogen and oxygen atoms in total. The Balaban J connectivity index is 1.31. The number of para-hydroxylation sites is 1. The van der Waals surface area contributed by atoms with Gasteiger partial charge in [-0.05, 0) is 61.1 Å². The minimum Gasteiger partial charge on any atom is -0.491 e. The van der Waals surface area contributed by atoms with Crippen LogP contribution in [0, 0.1) is 29.1 Å². The number of anilines is 1. The fourth-order valence-corrected chi connectivity index (χ4v) is 8.13. The smallest absolute Gasteiger partial charge is 0.241 e. The quantitative estimate of drug-likeness (QED) is 0.321. The van der Waals surface area contributed by atoms with E-state index in [4.69, 9.17) is 4.74 Å². The summed E-state index contributed by atoms with van der Waals surface area (Å²) < 4.78 is 5.59. The topological polar surface area (TPSA) is 104 Å². The van der Waals surface area contributed by atoms with Gasteiger partial charge in [0.05, 0.1) is 42.0 Å². The Hall–Kier alpha value is -4.56. The third-order valence-corrected chi connectivity index (χ3v) is 10.1. The van der Waals surface area contributed by atoms with Crippen molar-refractivity contribution in [3.63, 3.8) is 0 Å². The molecule has 1 saturated carbocycles. The molecule has 3 fully saturated rings. The lowest BCUT2D eigenvalue weighted by Crippen LogP contribution is -2.48. The molecule has 3 aromatic carbocycles. The van der Waals surface area contributed by atoms with Gasteiger partial charge in [0.2, 0.25) is 23.6 Å². The lowest BCUT2D eigenvalue weighted by molar-refractivity contribution is -0.141. The highest BCUT2D eigenvalue weighted by atomic mass is 16.5. The van der Waals surface area contributed by atoms with Gasteiger partial charge >= 0.3 is 0 Å². The van der Waals surface area contributed by atoms with Crippen LogP contribution in [0.2, 0.25) is 0 Å². The van der Waals surface area contributed by atoms with Gasteiger partial charge in [-0.1, -0.05) is 72.3 Å². The van der Waals surface area contributed by atoms with E-state index in [2.05, 4.69) is 6.08 Å². The number of ether oxygens (including phenoxy) is 1. The van der Waals surface area contributed by atoms with Gasteiger partial charge in [-0.15, -0.1) is 0 Å². The van der Waals surface area contributed by atoms with Crippen LogP contribution < -0.4 is 9.64 Å². The van der Waals surface area contributed by atoms with Crippen molar-refractivity contribution in [3.05, 3.63) is 108 Å². The molecule has 2 saturated heterocycles. The Kier molecular flexibility index (Phi) is 6.97. The fourth-order valence-electron chi connectivity index (χ4n) is 8.13. The second-order valence-corrected chi connectivity index (χ2v) is 12.4. The van der Waals surface area contributed by atoms with Crippen molar-refractivity contribution in [2.45, 2.75) is 32.2 Å². The highest BCUT2D eigenvalue weighted by Gasteiger charge is 2.67. The molecule has 0 aromatic heterocycles. The van der Waals surface area contributed by atoms with Gasteiger partial charge in [0, 0.05) is 5.92 Å². The Bertz CT molecular complexity index is 1650. The maximum atomic E-state index is 14.4. The molecule has 4 aliphatic rings. The van der Waals surface area contributed by atoms with Crippen LogP contribution in [0.5, 0.6) is 5.75 Å². The molecule has 8 heteroatoms. The fraction of sp³-hybridized carbons (Fsp3) is 0.333. The molecule has 0 bridgehead atoms. The van der Waals surface area contributed by atoms with Gasteiger partial charge in [0.15, 0.2) is 0 Å². The third-order valence-electron chi connectivity index (χ3n) is 10.1. The molecule has 7 rings (SSSR count). The molecule has 3 aromatic rings. The van der Waals surface area contributed by atoms with Crippen molar-refractivity contribution in [1.29, 1.82) is 0 Å². The van der Waals surface area contributed by atoms with Gasteiger partial charge in [0.1, 0.15) is 12.4 Å². The summed E-state index contributed by atoms with van der Waals surface area (Å²) in [7, 11) is 0. The number of likely N-dealkylation sites (tertiary alicyclic amines) is 1. The number of hydrogen-bond donors (Lipinski definition) is 1. The van der Waals surface area contributed by atoms with Gasteiger partial charge < -0.3 is 9.84 Å². The monoisotopic (exact) mass is 590 g/mol. The molecule has 2 heterocycles. The average molecular weight is 591 g/mol. The zero-order valence-electron chi connectivity index (χ0n) is 24.5. The molecule has 6 atom stereocenters. The van der Waals surface area contributed by atoms with E-state index in [-0.39, 0.29) is 49.3 Å². The minimum atomic E-state index is -1.09. The highest BCUT2D eigenvalue weighted by molar-refractivity contribution is 6.24. The van der Waals surface area contributed by atoms with E-state index in [0.29, 0.717) is 24.3 Å². The predicted molar refractivity (Wildman–Crippen MR) is 162 cm³/mol. The average Bonchev–Trinajstić information content (AvgIpc) is 3.40. The number of aliphatic hydroxyl groups is 1. The van der Waals surface area contributed by atoms with Crippen LogP contribution in [0.3, 0.4) is 0 Å². The van der Waals surface area contributed by atoms with Gasteiger partial charge in [0.25, 0.3) is 0 Å². The molecule has 6 unspecified atom stereocenters. The van der Waals surface area contributed by atoms with Crippen molar-refractivity contribution < 1.29 is 29.0 Å². The highest BCUT2D eigenvalue weighted by Crippen LogP contribution is 2.63. The van der Waals surface area contributed by atoms with E-state index >= 15 is 0 Å². The Morgan fingerprint density at radius 2 is 1.52 bits per heavy atom. The summed E-state index contributed by atoms with van der Waals surface area (Å²) in [5, 5.41) is 9.18. The van der Waals surface area contributed by atoms with E-state index in [1.165, 1.54) is 9.80 Å². The van der Waals surface area contributed by atoms with Crippen LogP contribution in [0.15, 0.2) is 96.6 Å². The maximum Gasteiger partial charge on any atom is 0.241 e. The van der Waals surface area contributed by atoms with E-state index in [9.17, 15) is 24.3 Å². The van der Waals surface area contributed by atoms with Crippen LogP contribution in [0.4, 0.5) is 5.69 Å². The first kappa shape index (κ1) is 28.2. The minimum absolute atomic E-state index is 0.110. The van der Waals surface area contributed by atoms with E-state index < -0.39 is 29.1 Å². The zero-order valence-corrected chi connectivity index (χ0v) is 24.5. The molecule has 4 amide bonds. The van der Waals surface area contributed by atoms with Crippen LogP contribution in [0.25, 0.3) is 0 Å². The number of aliphatic hydroxyl groups excluding tert-OH is 1. The third kappa shape index (κ3) is 4.23. The molecule has 2 aliphatic carbocycles. The van der Waals surface area contributed by atoms with Crippen molar-refractivity contribution in [2.24, 2.45) is 29.1 Å². The first-order valence-corrected chi connectivity index (χ1v) is 15.2. The lowest BCUT2D eigenvalue weighted by atomic mass is 9.51. The molecule has 0 spiro atoms. The lowest BCUT2D eigenvalue weighted by Gasteiger charge is -2.49. The van der Waals surface area contributed by atoms with Crippen LogP contribution in [-0.2, 0) is 25.7 Å². The normalized spacial score (nSPS) is 29.3. The number of allylic oxidation sites excluding steroid dienone is 2. The second kappa shape index (κ2) is 10.9. The summed E-state index contributed by atoms with van der Waals surface area (Å²) >= 11 is 0. The largest absolute Gasteiger partial charge is 0.491 e. The zero-order chi connectivity index (χ0) is 30.6. The summed E-state index contributed by atoms with van der Waals surface area (Å²) in [5.74, 6) is -2.89. The summed E-state index contributed by atoms with van der Waals surface area (Å²) in [4.78, 5) is 59.1. The molecule has 224 valence electrons.